The van der Waals surface area contributed by atoms with Gasteiger partial charge in [-0.25, -0.2) is 4.79 Å². The number of carboxylic acid groups (broad SMARTS) is 1. The summed E-state index contributed by atoms with van der Waals surface area (Å²) in [5.74, 6) is -1.30. The number of nitrogens with zero attached hydrogens (tertiary/aromatic N) is 1. The van der Waals surface area contributed by atoms with E-state index in [1.54, 1.807) is 13.0 Å². The average molecular weight is 247 g/mol. The minimum absolute atomic E-state index is 0.110. The van der Waals surface area contributed by atoms with Crippen LogP contribution in [-0.2, 0) is 0 Å². The number of aryl methyl sites for hydroxylation is 1. The summed E-state index contributed by atoms with van der Waals surface area (Å²) >= 11 is 0. The van der Waals surface area contributed by atoms with Crippen LogP contribution in [0, 0.1) is 17.0 Å². The molecule has 18 heavy (non-hydrogen) atoms. The molecule has 0 spiro atoms. The lowest BCUT2D eigenvalue weighted by Crippen LogP contribution is -1.93. The second kappa shape index (κ2) is 4.33. The van der Waals surface area contributed by atoms with Crippen LogP contribution in [0.3, 0.4) is 0 Å². The van der Waals surface area contributed by atoms with Gasteiger partial charge in [0.2, 0.25) is 5.76 Å². The summed E-state index contributed by atoms with van der Waals surface area (Å²) in [5, 5.41) is 19.7. The molecule has 2 rings (SSSR count). The van der Waals surface area contributed by atoms with E-state index in [4.69, 9.17) is 9.52 Å². The van der Waals surface area contributed by atoms with Crippen LogP contribution in [0.25, 0.3) is 11.3 Å². The maximum absolute atomic E-state index is 10.9. The van der Waals surface area contributed by atoms with Gasteiger partial charge in [-0.15, -0.1) is 0 Å². The third kappa shape index (κ3) is 2.08. The molecule has 0 atom stereocenters. The fraction of sp³-hybridized carbons (Fsp3) is 0.0833. The standard InChI is InChI=1S/C12H9NO5/c1-7-2-3-8(9(6-7)13(16)17)10-4-5-11(18-10)12(14)15/h2-6H,1H3,(H,14,15). The van der Waals surface area contributed by atoms with E-state index in [0.717, 1.165) is 5.56 Å². The first kappa shape index (κ1) is 11.8. The molecule has 0 fully saturated rings. The molecule has 1 aromatic heterocycles. The van der Waals surface area contributed by atoms with E-state index in [2.05, 4.69) is 0 Å². The van der Waals surface area contributed by atoms with Gasteiger partial charge < -0.3 is 9.52 Å². The fourth-order valence-electron chi connectivity index (χ4n) is 1.60. The number of hydrogen-bond donors (Lipinski definition) is 1. The molecule has 0 aliphatic carbocycles. The highest BCUT2D eigenvalue weighted by molar-refractivity contribution is 5.85. The first-order valence-electron chi connectivity index (χ1n) is 5.07. The van der Waals surface area contributed by atoms with Crippen molar-refractivity contribution >= 4 is 11.7 Å². The number of nitro groups is 1. The Hall–Kier alpha value is -2.63. The van der Waals surface area contributed by atoms with Gasteiger partial charge in [-0.2, -0.15) is 0 Å². The van der Waals surface area contributed by atoms with Crippen molar-refractivity contribution < 1.29 is 19.2 Å². The summed E-state index contributed by atoms with van der Waals surface area (Å²) in [6.45, 7) is 1.74. The third-order valence-electron chi connectivity index (χ3n) is 2.43. The molecule has 0 aliphatic rings. The fourth-order valence-corrected chi connectivity index (χ4v) is 1.60. The first-order chi connectivity index (χ1) is 8.49. The Bertz CT molecular complexity index is 629. The van der Waals surface area contributed by atoms with Gasteiger partial charge >= 0.3 is 5.97 Å². The van der Waals surface area contributed by atoms with E-state index in [-0.39, 0.29) is 22.8 Å². The molecule has 92 valence electrons. The summed E-state index contributed by atoms with van der Waals surface area (Å²) in [4.78, 5) is 21.1. The number of rotatable bonds is 3. The minimum Gasteiger partial charge on any atom is -0.475 e. The summed E-state index contributed by atoms with van der Waals surface area (Å²) in [6, 6.07) is 7.32. The summed E-state index contributed by atoms with van der Waals surface area (Å²) in [5.41, 5.74) is 0.898. The molecule has 1 aromatic carbocycles. The lowest BCUT2D eigenvalue weighted by atomic mass is 10.1. The van der Waals surface area contributed by atoms with E-state index in [9.17, 15) is 14.9 Å². The van der Waals surface area contributed by atoms with Crippen LogP contribution < -0.4 is 0 Å². The smallest absolute Gasteiger partial charge is 0.371 e. The van der Waals surface area contributed by atoms with Gasteiger partial charge in [0.15, 0.2) is 0 Å². The summed E-state index contributed by atoms with van der Waals surface area (Å²) in [6.07, 6.45) is 0. The van der Waals surface area contributed by atoms with Crippen LogP contribution >= 0.6 is 0 Å². The number of furan rings is 1. The molecule has 0 amide bonds. The molecule has 6 nitrogen and oxygen atoms in total. The molecule has 1 N–H and O–H groups in total. The molecule has 0 saturated heterocycles. The van der Waals surface area contributed by atoms with Crippen molar-refractivity contribution in [3.8, 4) is 11.3 Å². The largest absolute Gasteiger partial charge is 0.475 e. The van der Waals surface area contributed by atoms with Gasteiger partial charge in [0.1, 0.15) is 5.76 Å². The van der Waals surface area contributed by atoms with Gasteiger partial charge in [0, 0.05) is 6.07 Å². The SMILES string of the molecule is Cc1ccc(-c2ccc(C(=O)O)o2)c([N+](=O)[O-])c1. The predicted molar refractivity (Wildman–Crippen MR) is 62.5 cm³/mol. The summed E-state index contributed by atoms with van der Waals surface area (Å²) in [7, 11) is 0. The highest BCUT2D eigenvalue weighted by atomic mass is 16.6. The van der Waals surface area contributed by atoms with Crippen LogP contribution in [0.15, 0.2) is 34.7 Å². The molecule has 2 aromatic rings. The van der Waals surface area contributed by atoms with Crippen molar-refractivity contribution in [1.29, 1.82) is 0 Å². The Kier molecular flexibility index (Phi) is 2.85. The van der Waals surface area contributed by atoms with Crippen LogP contribution in [0.4, 0.5) is 5.69 Å². The van der Waals surface area contributed by atoms with Crippen molar-refractivity contribution in [2.75, 3.05) is 0 Å². The third-order valence-corrected chi connectivity index (χ3v) is 2.43. The van der Waals surface area contributed by atoms with E-state index in [1.165, 1.54) is 24.3 Å². The van der Waals surface area contributed by atoms with E-state index < -0.39 is 10.9 Å². The number of hydrogen-bond acceptors (Lipinski definition) is 4. The lowest BCUT2D eigenvalue weighted by molar-refractivity contribution is -0.384. The zero-order valence-electron chi connectivity index (χ0n) is 9.41. The number of benzene rings is 1. The average Bonchev–Trinajstić information content (AvgIpc) is 2.78. The van der Waals surface area contributed by atoms with E-state index >= 15 is 0 Å². The molecule has 0 unspecified atom stereocenters. The predicted octanol–water partition coefficient (Wildman–Crippen LogP) is 2.86. The zero-order chi connectivity index (χ0) is 13.3. The van der Waals surface area contributed by atoms with Crippen molar-refractivity contribution in [2.45, 2.75) is 6.92 Å². The number of carbonyl (C=O) groups is 1. The maximum Gasteiger partial charge on any atom is 0.371 e. The number of carboxylic acids is 1. The number of aromatic carboxylic acids is 1. The lowest BCUT2D eigenvalue weighted by Gasteiger charge is -2.00. The molecular weight excluding hydrogens is 238 g/mol. The van der Waals surface area contributed by atoms with Crippen molar-refractivity contribution in [3.63, 3.8) is 0 Å². The Morgan fingerprint density at radius 3 is 2.61 bits per heavy atom. The Morgan fingerprint density at radius 1 is 1.33 bits per heavy atom. The molecule has 1 heterocycles. The second-order valence-corrected chi connectivity index (χ2v) is 3.75. The van der Waals surface area contributed by atoms with Gasteiger partial charge in [0.05, 0.1) is 10.5 Å². The van der Waals surface area contributed by atoms with Crippen molar-refractivity contribution in [3.05, 3.63) is 51.8 Å². The monoisotopic (exact) mass is 247 g/mol. The summed E-state index contributed by atoms with van der Waals surface area (Å²) < 4.78 is 5.06. The molecule has 0 aliphatic heterocycles. The maximum atomic E-state index is 10.9. The van der Waals surface area contributed by atoms with Crippen LogP contribution in [0.1, 0.15) is 16.1 Å². The molecule has 0 radical (unpaired) electrons. The quantitative estimate of drug-likeness (QED) is 0.664. The molecular formula is C12H9NO5. The number of nitro benzene ring substituents is 1. The van der Waals surface area contributed by atoms with Gasteiger partial charge in [-0.1, -0.05) is 6.07 Å². The normalized spacial score (nSPS) is 10.3. The second-order valence-electron chi connectivity index (χ2n) is 3.75. The Labute approximate surface area is 102 Å². The Balaban J connectivity index is 2.55. The topological polar surface area (TPSA) is 93.6 Å². The van der Waals surface area contributed by atoms with Crippen LogP contribution in [0.5, 0.6) is 0 Å². The molecule has 0 bridgehead atoms. The minimum atomic E-state index is -1.21. The Morgan fingerprint density at radius 2 is 2.06 bits per heavy atom. The highest BCUT2D eigenvalue weighted by Crippen LogP contribution is 2.31. The van der Waals surface area contributed by atoms with Crippen LogP contribution in [0.2, 0.25) is 0 Å². The highest BCUT2D eigenvalue weighted by Gasteiger charge is 2.19. The van der Waals surface area contributed by atoms with Gasteiger partial charge in [-0.05, 0) is 30.7 Å². The van der Waals surface area contributed by atoms with Gasteiger partial charge in [-0.3, -0.25) is 10.1 Å². The van der Waals surface area contributed by atoms with Crippen molar-refractivity contribution in [2.24, 2.45) is 0 Å². The zero-order valence-corrected chi connectivity index (χ0v) is 9.41. The van der Waals surface area contributed by atoms with E-state index in [0.29, 0.717) is 0 Å². The molecule has 0 saturated carbocycles. The molecule has 6 heteroatoms. The van der Waals surface area contributed by atoms with Crippen molar-refractivity contribution in [1.82, 2.24) is 0 Å². The van der Waals surface area contributed by atoms with E-state index in [1.807, 2.05) is 0 Å². The van der Waals surface area contributed by atoms with Gasteiger partial charge in [0.25, 0.3) is 5.69 Å². The van der Waals surface area contributed by atoms with Crippen LogP contribution in [-0.4, -0.2) is 16.0 Å². The first-order valence-corrected chi connectivity index (χ1v) is 5.07.